The molecule has 0 radical (unpaired) electrons. The lowest BCUT2D eigenvalue weighted by Gasteiger charge is -2.42. The van der Waals surface area contributed by atoms with Crippen LogP contribution in [0.1, 0.15) is 35.5 Å². The van der Waals surface area contributed by atoms with E-state index in [4.69, 9.17) is 0 Å². The van der Waals surface area contributed by atoms with Gasteiger partial charge in [-0.05, 0) is 43.2 Å². The van der Waals surface area contributed by atoms with Crippen molar-refractivity contribution < 1.29 is 27.2 Å². The van der Waals surface area contributed by atoms with E-state index in [0.29, 0.717) is 23.4 Å². The van der Waals surface area contributed by atoms with Crippen molar-refractivity contribution in [1.82, 2.24) is 9.88 Å². The molecule has 0 bridgehead atoms. The van der Waals surface area contributed by atoms with Crippen molar-refractivity contribution in [2.75, 3.05) is 11.6 Å². The normalized spacial score (nSPS) is 18.7. The summed E-state index contributed by atoms with van der Waals surface area (Å²) in [6.45, 7) is 3.27. The summed E-state index contributed by atoms with van der Waals surface area (Å²) < 4.78 is 53.9. The fourth-order valence-electron chi connectivity index (χ4n) is 3.88. The summed E-state index contributed by atoms with van der Waals surface area (Å²) in [4.78, 5) is 35.1. The number of aryl methyl sites for hydroxylation is 1. The fourth-order valence-corrected chi connectivity index (χ4v) is 3.88. The quantitative estimate of drug-likeness (QED) is 0.661. The van der Waals surface area contributed by atoms with Crippen LogP contribution in [0.15, 0.2) is 47.6 Å². The lowest BCUT2D eigenvalue weighted by Crippen LogP contribution is -2.52. The van der Waals surface area contributed by atoms with Gasteiger partial charge in [0, 0.05) is 23.7 Å². The highest BCUT2D eigenvalue weighted by Crippen LogP contribution is 2.39. The molecule has 2 amide bonds. The number of dihydropyridines is 1. The van der Waals surface area contributed by atoms with Crippen LogP contribution in [-0.4, -0.2) is 40.1 Å². The van der Waals surface area contributed by atoms with Gasteiger partial charge in [-0.25, -0.2) is 9.38 Å². The number of nitrogens with zero attached hydrogens (tertiary/aromatic N) is 4. The van der Waals surface area contributed by atoms with E-state index >= 15 is 0 Å². The van der Waals surface area contributed by atoms with Gasteiger partial charge in [-0.1, -0.05) is 13.0 Å². The Labute approximate surface area is 180 Å². The van der Waals surface area contributed by atoms with E-state index in [2.05, 4.69) is 9.98 Å². The molecule has 10 heteroatoms. The van der Waals surface area contributed by atoms with Gasteiger partial charge in [-0.2, -0.15) is 13.2 Å². The molecule has 1 unspecified atom stereocenters. The predicted molar refractivity (Wildman–Crippen MR) is 109 cm³/mol. The van der Waals surface area contributed by atoms with Crippen LogP contribution in [0.2, 0.25) is 0 Å². The van der Waals surface area contributed by atoms with E-state index in [-0.39, 0.29) is 17.9 Å². The maximum Gasteiger partial charge on any atom is 0.433 e. The van der Waals surface area contributed by atoms with Crippen LogP contribution in [-0.2, 0) is 17.4 Å². The van der Waals surface area contributed by atoms with E-state index in [1.807, 2.05) is 0 Å². The average molecular weight is 446 g/mol. The molecule has 1 aromatic carbocycles. The molecule has 0 fully saturated rings. The van der Waals surface area contributed by atoms with Crippen LogP contribution >= 0.6 is 0 Å². The summed E-state index contributed by atoms with van der Waals surface area (Å²) in [5.41, 5.74) is 0.273. The highest BCUT2D eigenvalue weighted by atomic mass is 19.4. The first-order valence-corrected chi connectivity index (χ1v) is 9.81. The largest absolute Gasteiger partial charge is 0.433 e. The van der Waals surface area contributed by atoms with Gasteiger partial charge in [0.15, 0.2) is 0 Å². The highest BCUT2D eigenvalue weighted by Gasteiger charge is 2.39. The lowest BCUT2D eigenvalue weighted by atomic mass is 10.0. The van der Waals surface area contributed by atoms with Crippen molar-refractivity contribution >= 4 is 28.9 Å². The maximum absolute atomic E-state index is 13.8. The minimum absolute atomic E-state index is 0.0281. The van der Waals surface area contributed by atoms with Crippen molar-refractivity contribution in [1.29, 1.82) is 0 Å². The monoisotopic (exact) mass is 446 g/mol. The van der Waals surface area contributed by atoms with Crippen LogP contribution in [0.25, 0.3) is 0 Å². The molecule has 6 nitrogen and oxygen atoms in total. The summed E-state index contributed by atoms with van der Waals surface area (Å²) in [6, 6.07) is 4.17. The molecule has 1 aromatic heterocycles. The van der Waals surface area contributed by atoms with Crippen molar-refractivity contribution in [3.63, 3.8) is 0 Å². The number of hydrogen-bond acceptors (Lipinski definition) is 4. The first-order chi connectivity index (χ1) is 15.1. The minimum Gasteiger partial charge on any atom is -0.322 e. The molecule has 2 aliphatic heterocycles. The van der Waals surface area contributed by atoms with Crippen LogP contribution in [0.3, 0.4) is 0 Å². The van der Waals surface area contributed by atoms with Crippen LogP contribution in [0, 0.1) is 5.82 Å². The zero-order valence-electron chi connectivity index (χ0n) is 17.2. The third kappa shape index (κ3) is 3.76. The molecular formula is C22H18F4N4O2. The van der Waals surface area contributed by atoms with Crippen LogP contribution in [0.5, 0.6) is 0 Å². The van der Waals surface area contributed by atoms with Crippen LogP contribution < -0.4 is 4.90 Å². The summed E-state index contributed by atoms with van der Waals surface area (Å²) in [5, 5.41) is 0. The molecule has 4 rings (SSSR count). The van der Waals surface area contributed by atoms with E-state index in [0.717, 1.165) is 12.3 Å². The van der Waals surface area contributed by atoms with Crippen LogP contribution in [0.4, 0.5) is 28.9 Å². The second-order valence-corrected chi connectivity index (χ2v) is 7.45. The zero-order chi connectivity index (χ0) is 23.2. The summed E-state index contributed by atoms with van der Waals surface area (Å²) in [5.74, 6) is -1.47. The van der Waals surface area contributed by atoms with Crippen molar-refractivity contribution in [2.24, 2.45) is 4.99 Å². The molecular weight excluding hydrogens is 428 g/mol. The molecule has 166 valence electrons. The number of anilines is 2. The number of carbonyl (C=O) groups excluding carboxylic acids is 2. The number of fused-ring (bicyclic) bond motifs is 1. The summed E-state index contributed by atoms with van der Waals surface area (Å²) in [6.07, 6.45) is -0.617. The molecule has 32 heavy (non-hydrogen) atoms. The van der Waals surface area contributed by atoms with Crippen molar-refractivity contribution in [2.45, 2.75) is 32.5 Å². The van der Waals surface area contributed by atoms with E-state index in [1.54, 1.807) is 13.8 Å². The number of amides is 2. The molecule has 2 aliphatic rings. The number of alkyl halides is 3. The van der Waals surface area contributed by atoms with Gasteiger partial charge in [0.05, 0.1) is 24.0 Å². The predicted octanol–water partition coefficient (Wildman–Crippen LogP) is 4.28. The van der Waals surface area contributed by atoms with Crippen molar-refractivity contribution in [3.05, 3.63) is 65.3 Å². The number of hydrogen-bond donors (Lipinski definition) is 0. The molecule has 2 aromatic rings. The molecule has 3 heterocycles. The molecule has 0 saturated heterocycles. The molecule has 0 saturated carbocycles. The Morgan fingerprint density at radius 2 is 1.91 bits per heavy atom. The number of carbonyl (C=O) groups is 2. The van der Waals surface area contributed by atoms with Gasteiger partial charge >= 0.3 is 6.18 Å². The Morgan fingerprint density at radius 1 is 1.16 bits per heavy atom. The topological polar surface area (TPSA) is 65.9 Å². The van der Waals surface area contributed by atoms with Gasteiger partial charge < -0.3 is 9.80 Å². The van der Waals surface area contributed by atoms with Gasteiger partial charge in [-0.15, -0.1) is 0 Å². The second-order valence-electron chi connectivity index (χ2n) is 7.45. The van der Waals surface area contributed by atoms with E-state index in [1.165, 1.54) is 40.2 Å². The number of aromatic nitrogens is 1. The zero-order valence-corrected chi connectivity index (χ0v) is 17.2. The first-order valence-electron chi connectivity index (χ1n) is 9.81. The molecule has 0 spiro atoms. The molecule has 0 N–H and O–H groups in total. The molecule has 0 aliphatic carbocycles. The Hall–Kier alpha value is -3.56. The van der Waals surface area contributed by atoms with Gasteiger partial charge in [0.25, 0.3) is 11.8 Å². The van der Waals surface area contributed by atoms with Gasteiger partial charge in [0.1, 0.15) is 11.5 Å². The maximum atomic E-state index is 13.8. The highest BCUT2D eigenvalue weighted by molar-refractivity contribution is 6.09. The van der Waals surface area contributed by atoms with E-state index < -0.39 is 35.5 Å². The second kappa shape index (κ2) is 7.85. The lowest BCUT2D eigenvalue weighted by molar-refractivity contribution is -0.141. The number of pyridine rings is 1. The Bertz CT molecular complexity index is 1170. The standard InChI is InChI=1S/C22H18F4N4O2/c1-3-13-8-14(23)4-5-17(13)29-11-30(16-6-7-20(31)28-12(16)2)21(32)15-10-27-19(9-18(15)29)22(24,25)26/h4-10,16H,3,11H2,1-2H3. The first kappa shape index (κ1) is 21.7. The number of halogens is 4. The third-order valence-corrected chi connectivity index (χ3v) is 5.43. The smallest absolute Gasteiger partial charge is 0.322 e. The molecule has 1 atom stereocenters. The summed E-state index contributed by atoms with van der Waals surface area (Å²) >= 11 is 0. The van der Waals surface area contributed by atoms with Gasteiger partial charge in [-0.3, -0.25) is 14.6 Å². The minimum atomic E-state index is -4.70. The average Bonchev–Trinajstić information content (AvgIpc) is 2.74. The number of rotatable bonds is 3. The Kier molecular flexibility index (Phi) is 5.31. The van der Waals surface area contributed by atoms with E-state index in [9.17, 15) is 27.2 Å². The Morgan fingerprint density at radius 3 is 2.56 bits per heavy atom. The Balaban J connectivity index is 1.89. The number of aliphatic imine (C=N–C) groups is 1. The van der Waals surface area contributed by atoms with Gasteiger partial charge in [0.2, 0.25) is 0 Å². The van der Waals surface area contributed by atoms with Crippen molar-refractivity contribution in [3.8, 4) is 0 Å². The summed E-state index contributed by atoms with van der Waals surface area (Å²) in [7, 11) is 0. The third-order valence-electron chi connectivity index (χ3n) is 5.43. The number of benzene rings is 1. The fraction of sp³-hybridized carbons (Fsp3) is 0.273. The SMILES string of the molecule is CCc1cc(F)ccc1N1CN(C2C=CC(=O)N=C2C)C(=O)c2cnc(C(F)(F)F)cc21.